The number of rotatable bonds is 2. The van der Waals surface area contributed by atoms with Gasteiger partial charge in [0.1, 0.15) is 5.82 Å². The zero-order valence-electron chi connectivity index (χ0n) is 11.5. The number of hydrogen-bond acceptors (Lipinski definition) is 2. The second-order valence-electron chi connectivity index (χ2n) is 5.83. The molecule has 2 bridgehead atoms. The van der Waals surface area contributed by atoms with Crippen molar-refractivity contribution < 1.29 is 13.9 Å². The number of carbonyl (C=O) groups is 1. The molecule has 4 heteroatoms. The molecule has 2 aliphatic rings. The van der Waals surface area contributed by atoms with Crippen LogP contribution >= 0.6 is 0 Å². The first-order valence-electron chi connectivity index (χ1n) is 7.36. The van der Waals surface area contributed by atoms with Gasteiger partial charge in [-0.1, -0.05) is 24.3 Å². The van der Waals surface area contributed by atoms with Crippen LogP contribution in [0.15, 0.2) is 36.4 Å². The molecular weight excluding hydrogens is 269 g/mol. The fourth-order valence-corrected chi connectivity index (χ4v) is 3.50. The SMILES string of the molecule is O=C(NC1CC2CCC1O2)c1ccc(F)c2ccccc12. The number of ether oxygens (including phenoxy) is 1. The fourth-order valence-electron chi connectivity index (χ4n) is 3.50. The van der Waals surface area contributed by atoms with Gasteiger partial charge in [0.2, 0.25) is 0 Å². The number of hydrogen-bond donors (Lipinski definition) is 1. The minimum atomic E-state index is -0.301. The molecule has 2 heterocycles. The summed E-state index contributed by atoms with van der Waals surface area (Å²) >= 11 is 0. The van der Waals surface area contributed by atoms with Crippen LogP contribution in [-0.4, -0.2) is 24.2 Å². The van der Waals surface area contributed by atoms with Gasteiger partial charge in [-0.25, -0.2) is 4.39 Å². The van der Waals surface area contributed by atoms with Gasteiger partial charge in [0, 0.05) is 10.9 Å². The van der Waals surface area contributed by atoms with Crippen LogP contribution in [0.3, 0.4) is 0 Å². The normalized spacial score (nSPS) is 27.2. The molecule has 2 fully saturated rings. The summed E-state index contributed by atoms with van der Waals surface area (Å²) in [4.78, 5) is 12.5. The molecule has 2 aromatic rings. The van der Waals surface area contributed by atoms with E-state index in [1.807, 2.05) is 6.07 Å². The fraction of sp³-hybridized carbons (Fsp3) is 0.353. The lowest BCUT2D eigenvalue weighted by Gasteiger charge is -2.20. The summed E-state index contributed by atoms with van der Waals surface area (Å²) in [6.45, 7) is 0. The molecule has 0 aliphatic carbocycles. The van der Waals surface area contributed by atoms with Crippen molar-refractivity contribution in [3.05, 3.63) is 47.8 Å². The van der Waals surface area contributed by atoms with E-state index in [0.717, 1.165) is 19.3 Å². The minimum absolute atomic E-state index is 0.0834. The highest BCUT2D eigenvalue weighted by molar-refractivity contribution is 6.07. The Morgan fingerprint density at radius 2 is 1.95 bits per heavy atom. The van der Waals surface area contributed by atoms with Crippen LogP contribution in [0.1, 0.15) is 29.6 Å². The predicted molar refractivity (Wildman–Crippen MR) is 77.7 cm³/mol. The van der Waals surface area contributed by atoms with Gasteiger partial charge in [-0.2, -0.15) is 0 Å². The molecule has 1 N–H and O–H groups in total. The second-order valence-corrected chi connectivity index (χ2v) is 5.83. The molecule has 1 amide bonds. The van der Waals surface area contributed by atoms with Gasteiger partial charge in [0.15, 0.2) is 0 Å². The van der Waals surface area contributed by atoms with E-state index in [2.05, 4.69) is 5.32 Å². The van der Waals surface area contributed by atoms with Crippen molar-refractivity contribution in [2.45, 2.75) is 37.5 Å². The molecule has 21 heavy (non-hydrogen) atoms. The maximum Gasteiger partial charge on any atom is 0.252 e. The van der Waals surface area contributed by atoms with E-state index >= 15 is 0 Å². The van der Waals surface area contributed by atoms with Crippen LogP contribution in [0, 0.1) is 5.82 Å². The van der Waals surface area contributed by atoms with Gasteiger partial charge in [-0.05, 0) is 36.8 Å². The van der Waals surface area contributed by atoms with Crippen molar-refractivity contribution in [2.24, 2.45) is 0 Å². The third-order valence-corrected chi connectivity index (χ3v) is 4.54. The van der Waals surface area contributed by atoms with E-state index < -0.39 is 0 Å². The van der Waals surface area contributed by atoms with Gasteiger partial charge >= 0.3 is 0 Å². The molecule has 2 aliphatic heterocycles. The summed E-state index contributed by atoms with van der Waals surface area (Å²) in [5, 5.41) is 4.18. The van der Waals surface area contributed by atoms with Crippen molar-refractivity contribution in [3.8, 4) is 0 Å². The molecular formula is C17H16FNO2. The standard InChI is InChI=1S/C17H16FNO2/c18-14-7-6-13(11-3-1-2-4-12(11)14)17(20)19-15-9-10-5-8-16(15)21-10/h1-4,6-7,10,15-16H,5,8-9H2,(H,19,20). The summed E-state index contributed by atoms with van der Waals surface area (Å²) in [6, 6.07) is 10.1. The Labute approximate surface area is 122 Å². The Hall–Kier alpha value is -1.94. The predicted octanol–water partition coefficient (Wildman–Crippen LogP) is 3.03. The molecule has 3 nitrogen and oxygen atoms in total. The van der Waals surface area contributed by atoms with Crippen molar-refractivity contribution in [2.75, 3.05) is 0 Å². The van der Waals surface area contributed by atoms with Gasteiger partial charge < -0.3 is 10.1 Å². The van der Waals surface area contributed by atoms with Crippen LogP contribution in [0.25, 0.3) is 10.8 Å². The highest BCUT2D eigenvalue weighted by Gasteiger charge is 2.41. The number of fused-ring (bicyclic) bond motifs is 3. The largest absolute Gasteiger partial charge is 0.373 e. The van der Waals surface area contributed by atoms with Crippen molar-refractivity contribution >= 4 is 16.7 Å². The maximum atomic E-state index is 13.8. The van der Waals surface area contributed by atoms with Crippen molar-refractivity contribution in [1.82, 2.24) is 5.32 Å². The van der Waals surface area contributed by atoms with E-state index in [-0.39, 0.29) is 23.9 Å². The average Bonchev–Trinajstić information content (AvgIpc) is 3.10. The Balaban J connectivity index is 1.64. The van der Waals surface area contributed by atoms with Gasteiger partial charge in [0.05, 0.1) is 18.2 Å². The Bertz CT molecular complexity index is 715. The number of halogens is 1. The van der Waals surface area contributed by atoms with Crippen molar-refractivity contribution in [1.29, 1.82) is 0 Å². The highest BCUT2D eigenvalue weighted by atomic mass is 19.1. The summed E-state index contributed by atoms with van der Waals surface area (Å²) in [5.41, 5.74) is 0.523. The van der Waals surface area contributed by atoms with E-state index in [1.54, 1.807) is 24.3 Å². The number of amides is 1. The van der Waals surface area contributed by atoms with E-state index in [4.69, 9.17) is 4.74 Å². The molecule has 3 unspecified atom stereocenters. The van der Waals surface area contributed by atoms with Crippen LogP contribution in [-0.2, 0) is 4.74 Å². The summed E-state index contributed by atoms with van der Waals surface area (Å²) in [5.74, 6) is -0.447. The zero-order chi connectivity index (χ0) is 14.4. The maximum absolute atomic E-state index is 13.8. The summed E-state index contributed by atoms with van der Waals surface area (Å²) < 4.78 is 19.6. The van der Waals surface area contributed by atoms with E-state index in [0.29, 0.717) is 22.4 Å². The van der Waals surface area contributed by atoms with Gasteiger partial charge in [0.25, 0.3) is 5.91 Å². The number of nitrogens with one attached hydrogen (secondary N) is 1. The lowest BCUT2D eigenvalue weighted by Crippen LogP contribution is -2.41. The highest BCUT2D eigenvalue weighted by Crippen LogP contribution is 2.34. The first-order chi connectivity index (χ1) is 10.2. The lowest BCUT2D eigenvalue weighted by molar-refractivity contribution is 0.0842. The Morgan fingerprint density at radius 1 is 1.14 bits per heavy atom. The second kappa shape index (κ2) is 4.81. The quantitative estimate of drug-likeness (QED) is 0.921. The molecule has 0 radical (unpaired) electrons. The lowest BCUT2D eigenvalue weighted by atomic mass is 9.95. The van der Waals surface area contributed by atoms with E-state index in [1.165, 1.54) is 6.07 Å². The Morgan fingerprint density at radius 3 is 2.67 bits per heavy atom. The van der Waals surface area contributed by atoms with E-state index in [9.17, 15) is 9.18 Å². The first-order valence-corrected chi connectivity index (χ1v) is 7.36. The zero-order valence-corrected chi connectivity index (χ0v) is 11.5. The molecule has 2 saturated heterocycles. The molecule has 4 rings (SSSR count). The van der Waals surface area contributed by atoms with Crippen LogP contribution in [0.5, 0.6) is 0 Å². The molecule has 2 aromatic carbocycles. The van der Waals surface area contributed by atoms with Crippen molar-refractivity contribution in [3.63, 3.8) is 0 Å². The summed E-state index contributed by atoms with van der Waals surface area (Å²) in [6.07, 6.45) is 3.43. The third-order valence-electron chi connectivity index (χ3n) is 4.54. The molecule has 108 valence electrons. The number of carbonyl (C=O) groups excluding carboxylic acids is 1. The monoisotopic (exact) mass is 285 g/mol. The van der Waals surface area contributed by atoms with Crippen LogP contribution in [0.4, 0.5) is 4.39 Å². The third kappa shape index (κ3) is 2.10. The van der Waals surface area contributed by atoms with Crippen LogP contribution in [0.2, 0.25) is 0 Å². The summed E-state index contributed by atoms with van der Waals surface area (Å²) in [7, 11) is 0. The minimum Gasteiger partial charge on any atom is -0.373 e. The topological polar surface area (TPSA) is 38.3 Å². The van der Waals surface area contributed by atoms with Gasteiger partial charge in [-0.15, -0.1) is 0 Å². The Kier molecular flexibility index (Phi) is 2.93. The molecule has 0 saturated carbocycles. The van der Waals surface area contributed by atoms with Gasteiger partial charge in [-0.3, -0.25) is 4.79 Å². The van der Waals surface area contributed by atoms with Crippen LogP contribution < -0.4 is 5.32 Å². The molecule has 0 spiro atoms. The number of benzene rings is 2. The smallest absolute Gasteiger partial charge is 0.252 e. The first kappa shape index (κ1) is 12.8. The average molecular weight is 285 g/mol. The molecule has 0 aromatic heterocycles. The molecule has 3 atom stereocenters.